The van der Waals surface area contributed by atoms with Crippen molar-refractivity contribution in [2.75, 3.05) is 10.6 Å². The summed E-state index contributed by atoms with van der Waals surface area (Å²) in [4.78, 5) is 16.4. The summed E-state index contributed by atoms with van der Waals surface area (Å²) in [6.45, 7) is 1.49. The fourth-order valence-corrected chi connectivity index (χ4v) is 3.63. The molecule has 0 aliphatic carbocycles. The van der Waals surface area contributed by atoms with E-state index in [1.807, 2.05) is 80.1 Å². The number of hydrogen-bond donors (Lipinski definition) is 3. The number of hydrogen-bond acceptors (Lipinski definition) is 5. The summed E-state index contributed by atoms with van der Waals surface area (Å²) in [5.74, 6) is 0.583. The van der Waals surface area contributed by atoms with Crippen molar-refractivity contribution >= 4 is 34.1 Å². The number of nitrogens with zero attached hydrogens (tertiary/aromatic N) is 4. The number of anilines is 3. The summed E-state index contributed by atoms with van der Waals surface area (Å²) in [6, 6.07) is 19.5. The maximum absolute atomic E-state index is 11.5. The Kier molecular flexibility index (Phi) is 4.87. The molecule has 32 heavy (non-hydrogen) atoms. The van der Waals surface area contributed by atoms with Gasteiger partial charge in [-0.2, -0.15) is 10.2 Å². The zero-order valence-electron chi connectivity index (χ0n) is 17.6. The van der Waals surface area contributed by atoms with Gasteiger partial charge < -0.3 is 10.6 Å². The van der Waals surface area contributed by atoms with E-state index in [0.29, 0.717) is 17.2 Å². The lowest BCUT2D eigenvalue weighted by Gasteiger charge is -2.11. The number of amides is 1. The molecule has 0 unspecified atom stereocenters. The van der Waals surface area contributed by atoms with Gasteiger partial charge in [0.05, 0.1) is 11.7 Å². The molecular weight excluding hydrogens is 402 g/mol. The molecule has 5 rings (SSSR count). The first-order valence-electron chi connectivity index (χ1n) is 10.1. The Morgan fingerprint density at radius 3 is 2.56 bits per heavy atom. The second kappa shape index (κ2) is 7.99. The highest BCUT2D eigenvalue weighted by Gasteiger charge is 2.17. The van der Waals surface area contributed by atoms with Crippen molar-refractivity contribution in [2.45, 2.75) is 6.92 Å². The predicted molar refractivity (Wildman–Crippen MR) is 126 cm³/mol. The number of para-hydroxylation sites is 1. The number of aromatic nitrogens is 5. The van der Waals surface area contributed by atoms with E-state index < -0.39 is 0 Å². The fourth-order valence-electron chi connectivity index (χ4n) is 3.63. The molecule has 0 saturated heterocycles. The molecule has 0 spiro atoms. The van der Waals surface area contributed by atoms with Crippen LogP contribution in [-0.4, -0.2) is 30.9 Å². The normalized spacial score (nSPS) is 10.9. The molecule has 5 aromatic rings. The number of aromatic amines is 1. The van der Waals surface area contributed by atoms with E-state index in [9.17, 15) is 4.79 Å². The van der Waals surface area contributed by atoms with E-state index >= 15 is 0 Å². The number of aryl methyl sites for hydroxylation is 1. The maximum atomic E-state index is 11.5. The lowest BCUT2D eigenvalue weighted by atomic mass is 10.1. The molecule has 0 saturated carbocycles. The Labute approximate surface area is 184 Å². The smallest absolute Gasteiger partial charge is 0.221 e. The molecule has 1 amide bonds. The molecule has 8 heteroatoms. The third kappa shape index (κ3) is 3.81. The van der Waals surface area contributed by atoms with Crippen LogP contribution >= 0.6 is 0 Å². The summed E-state index contributed by atoms with van der Waals surface area (Å²) >= 11 is 0. The van der Waals surface area contributed by atoms with Gasteiger partial charge in [-0.15, -0.1) is 0 Å². The molecule has 0 aliphatic heterocycles. The molecule has 3 N–H and O–H groups in total. The first-order chi connectivity index (χ1) is 15.6. The third-order valence-electron chi connectivity index (χ3n) is 5.04. The van der Waals surface area contributed by atoms with E-state index in [1.54, 1.807) is 4.68 Å². The minimum atomic E-state index is -0.123. The Morgan fingerprint density at radius 2 is 1.81 bits per heavy atom. The molecule has 2 aromatic carbocycles. The molecule has 0 fully saturated rings. The average molecular weight is 423 g/mol. The van der Waals surface area contributed by atoms with Gasteiger partial charge in [0.25, 0.3) is 0 Å². The van der Waals surface area contributed by atoms with Crippen LogP contribution in [0.2, 0.25) is 0 Å². The van der Waals surface area contributed by atoms with Gasteiger partial charge in [-0.1, -0.05) is 30.3 Å². The summed E-state index contributed by atoms with van der Waals surface area (Å²) < 4.78 is 1.76. The van der Waals surface area contributed by atoms with Crippen LogP contribution in [-0.2, 0) is 11.8 Å². The lowest BCUT2D eigenvalue weighted by molar-refractivity contribution is -0.114. The van der Waals surface area contributed by atoms with Crippen LogP contribution in [0, 0.1) is 0 Å². The third-order valence-corrected chi connectivity index (χ3v) is 5.04. The van der Waals surface area contributed by atoms with Crippen LogP contribution in [0.1, 0.15) is 6.92 Å². The molecular formula is C24H21N7O. The van der Waals surface area contributed by atoms with E-state index in [4.69, 9.17) is 4.98 Å². The van der Waals surface area contributed by atoms with Crippen molar-refractivity contribution in [2.24, 2.45) is 7.05 Å². The van der Waals surface area contributed by atoms with Crippen molar-refractivity contribution < 1.29 is 4.79 Å². The van der Waals surface area contributed by atoms with Crippen molar-refractivity contribution in [1.29, 1.82) is 0 Å². The highest BCUT2D eigenvalue weighted by molar-refractivity contribution is 5.96. The monoisotopic (exact) mass is 423 g/mol. The van der Waals surface area contributed by atoms with Gasteiger partial charge in [-0.05, 0) is 30.3 Å². The zero-order valence-corrected chi connectivity index (χ0v) is 17.6. The molecule has 0 aliphatic rings. The highest BCUT2D eigenvalue weighted by Crippen LogP contribution is 2.34. The van der Waals surface area contributed by atoms with Crippen LogP contribution in [0.15, 0.2) is 73.1 Å². The Morgan fingerprint density at radius 1 is 1.00 bits per heavy atom. The van der Waals surface area contributed by atoms with Gasteiger partial charge in [-0.3, -0.25) is 14.6 Å². The Balaban J connectivity index is 1.65. The average Bonchev–Trinajstić information content (AvgIpc) is 3.39. The first kappa shape index (κ1) is 19.5. The summed E-state index contributed by atoms with van der Waals surface area (Å²) in [6.07, 6.45) is 3.76. The number of rotatable bonds is 5. The van der Waals surface area contributed by atoms with Gasteiger partial charge in [0.1, 0.15) is 17.0 Å². The maximum Gasteiger partial charge on any atom is 0.221 e. The van der Waals surface area contributed by atoms with Gasteiger partial charge in [0.15, 0.2) is 0 Å². The lowest BCUT2D eigenvalue weighted by Crippen LogP contribution is -2.05. The number of carbonyl (C=O) groups excluding carboxylic acids is 1. The number of nitrogens with one attached hydrogen (secondary N) is 3. The van der Waals surface area contributed by atoms with Crippen LogP contribution in [0.4, 0.5) is 17.2 Å². The largest absolute Gasteiger partial charge is 0.340 e. The molecule has 8 nitrogen and oxygen atoms in total. The molecule has 0 radical (unpaired) electrons. The predicted octanol–water partition coefficient (Wildman–Crippen LogP) is 4.73. The minimum absolute atomic E-state index is 0.123. The van der Waals surface area contributed by atoms with E-state index in [2.05, 4.69) is 25.9 Å². The summed E-state index contributed by atoms with van der Waals surface area (Å²) in [7, 11) is 1.89. The topological polar surface area (TPSA) is 101 Å². The molecule has 3 heterocycles. The Hall–Kier alpha value is -4.46. The van der Waals surface area contributed by atoms with Gasteiger partial charge in [-0.25, -0.2) is 4.98 Å². The number of carbonyl (C=O) groups is 1. The second-order valence-corrected chi connectivity index (χ2v) is 7.51. The van der Waals surface area contributed by atoms with E-state index in [-0.39, 0.29) is 5.91 Å². The zero-order chi connectivity index (χ0) is 22.1. The second-order valence-electron chi connectivity index (χ2n) is 7.51. The molecule has 0 atom stereocenters. The van der Waals surface area contributed by atoms with E-state index in [1.165, 1.54) is 6.92 Å². The number of fused-ring (bicyclic) bond motifs is 1. The Bertz CT molecular complexity index is 1420. The van der Waals surface area contributed by atoms with Crippen LogP contribution in [0.25, 0.3) is 33.4 Å². The van der Waals surface area contributed by atoms with Crippen molar-refractivity contribution in [3.8, 4) is 22.4 Å². The number of pyridine rings is 1. The number of benzene rings is 2. The summed E-state index contributed by atoms with van der Waals surface area (Å²) in [5, 5.41) is 18.2. The van der Waals surface area contributed by atoms with Gasteiger partial charge >= 0.3 is 0 Å². The van der Waals surface area contributed by atoms with Crippen molar-refractivity contribution in [3.63, 3.8) is 0 Å². The quantitative estimate of drug-likeness (QED) is 0.379. The van der Waals surface area contributed by atoms with Gasteiger partial charge in [0.2, 0.25) is 5.91 Å². The van der Waals surface area contributed by atoms with Gasteiger partial charge in [0, 0.05) is 48.2 Å². The highest BCUT2D eigenvalue weighted by atomic mass is 16.1. The molecule has 3 aromatic heterocycles. The molecule has 0 bridgehead atoms. The first-order valence-corrected chi connectivity index (χ1v) is 10.1. The fraction of sp³-hybridized carbons (Fsp3) is 0.0833. The van der Waals surface area contributed by atoms with Crippen molar-refractivity contribution in [3.05, 3.63) is 73.1 Å². The van der Waals surface area contributed by atoms with Crippen LogP contribution in [0.5, 0.6) is 0 Å². The van der Waals surface area contributed by atoms with Crippen LogP contribution in [0.3, 0.4) is 0 Å². The SMILES string of the molecule is CC(=O)Nc1cccc(-c2n[nH]c3cc(-c4cnn(C)c4)c(Nc4ccccc4)nc23)c1. The molecule has 158 valence electrons. The van der Waals surface area contributed by atoms with Crippen LogP contribution < -0.4 is 10.6 Å². The number of H-pyrrole nitrogens is 1. The van der Waals surface area contributed by atoms with E-state index in [0.717, 1.165) is 33.4 Å². The summed E-state index contributed by atoms with van der Waals surface area (Å²) in [5.41, 5.74) is 6.61. The minimum Gasteiger partial charge on any atom is -0.340 e. The van der Waals surface area contributed by atoms with Crippen molar-refractivity contribution in [1.82, 2.24) is 25.0 Å². The standard InChI is InChI=1S/C24H21N7O/c1-15(32)26-19-10-6-7-16(11-19)22-23-21(29-30-22)12-20(17-13-25-31(2)14-17)24(28-23)27-18-8-4-3-5-9-18/h3-14H,1-2H3,(H,26,32)(H,27,28)(H,29,30).